The third-order valence-corrected chi connectivity index (χ3v) is 5.60. The summed E-state index contributed by atoms with van der Waals surface area (Å²) in [7, 11) is 1.37. The smallest absolute Gasteiger partial charge is 0.337 e. The van der Waals surface area contributed by atoms with Gasteiger partial charge in [-0.1, -0.05) is 30.3 Å². The summed E-state index contributed by atoms with van der Waals surface area (Å²) in [5.74, 6) is -0.649. The van der Waals surface area contributed by atoms with Gasteiger partial charge in [0.15, 0.2) is 0 Å². The zero-order valence-electron chi connectivity index (χ0n) is 17.4. The lowest BCUT2D eigenvalue weighted by Gasteiger charge is -2.15. The van der Waals surface area contributed by atoms with Crippen LogP contribution in [0.4, 0.5) is 0 Å². The first-order valence-corrected chi connectivity index (χ1v) is 10.3. The van der Waals surface area contributed by atoms with Gasteiger partial charge in [0.05, 0.1) is 19.2 Å². The molecule has 1 aliphatic rings. The first kappa shape index (κ1) is 20.6. The van der Waals surface area contributed by atoms with Crippen LogP contribution in [0.1, 0.15) is 33.6 Å². The largest absolute Gasteiger partial charge is 0.465 e. The van der Waals surface area contributed by atoms with Crippen LogP contribution in [0.2, 0.25) is 0 Å². The number of ether oxygens (including phenoxy) is 1. The molecule has 0 aliphatic carbocycles. The molecule has 6 nitrogen and oxygen atoms in total. The molecule has 1 heterocycles. The number of benzene rings is 3. The molecule has 0 radical (unpaired) electrons. The van der Waals surface area contributed by atoms with Gasteiger partial charge in [0.2, 0.25) is 5.91 Å². The number of esters is 1. The molecule has 1 aliphatic heterocycles. The third-order valence-electron chi connectivity index (χ3n) is 5.60. The van der Waals surface area contributed by atoms with Gasteiger partial charge in [-0.05, 0) is 65.1 Å². The SMILES string of the molecule is COC(=O)c1ccc2cc(-c3ccc(C(=O)NCC(=O)N4CCCC4)cc3)ccc2c1. The van der Waals surface area contributed by atoms with Gasteiger partial charge in [0.1, 0.15) is 0 Å². The predicted octanol–water partition coefficient (Wildman–Crippen LogP) is 3.65. The molecular weight excluding hydrogens is 392 g/mol. The minimum absolute atomic E-state index is 0.0266. The van der Waals surface area contributed by atoms with Crippen molar-refractivity contribution in [2.45, 2.75) is 12.8 Å². The van der Waals surface area contributed by atoms with Gasteiger partial charge in [-0.25, -0.2) is 4.79 Å². The normalized spacial score (nSPS) is 13.3. The van der Waals surface area contributed by atoms with Crippen LogP contribution in [-0.4, -0.2) is 49.4 Å². The number of methoxy groups -OCH3 is 1. The second-order valence-electron chi connectivity index (χ2n) is 7.62. The van der Waals surface area contributed by atoms with Gasteiger partial charge in [0.25, 0.3) is 5.91 Å². The Bertz CT molecular complexity index is 1130. The van der Waals surface area contributed by atoms with E-state index in [9.17, 15) is 14.4 Å². The van der Waals surface area contributed by atoms with E-state index in [1.165, 1.54) is 7.11 Å². The standard InChI is InChI=1S/C25H24N2O4/c1-31-25(30)22-11-10-20-14-19(8-9-21(20)15-22)17-4-6-18(7-5-17)24(29)26-16-23(28)27-12-2-3-13-27/h4-11,14-15H,2-3,12-13,16H2,1H3,(H,26,29). The lowest BCUT2D eigenvalue weighted by molar-refractivity contribution is -0.129. The highest BCUT2D eigenvalue weighted by atomic mass is 16.5. The van der Waals surface area contributed by atoms with E-state index < -0.39 is 0 Å². The summed E-state index contributed by atoms with van der Waals surface area (Å²) in [5, 5.41) is 4.67. The van der Waals surface area contributed by atoms with Crippen LogP contribution in [0.5, 0.6) is 0 Å². The van der Waals surface area contributed by atoms with Crippen molar-refractivity contribution in [2.75, 3.05) is 26.7 Å². The van der Waals surface area contributed by atoms with Gasteiger partial charge in [-0.3, -0.25) is 9.59 Å². The van der Waals surface area contributed by atoms with Crippen LogP contribution in [0.3, 0.4) is 0 Å². The molecule has 0 atom stereocenters. The Morgan fingerprint density at radius 3 is 2.16 bits per heavy atom. The van der Waals surface area contributed by atoms with Crippen molar-refractivity contribution < 1.29 is 19.1 Å². The molecule has 158 valence electrons. The number of nitrogens with zero attached hydrogens (tertiary/aromatic N) is 1. The van der Waals surface area contributed by atoms with Crippen LogP contribution >= 0.6 is 0 Å². The topological polar surface area (TPSA) is 75.7 Å². The van der Waals surface area contributed by atoms with Gasteiger partial charge in [-0.2, -0.15) is 0 Å². The molecule has 0 spiro atoms. The summed E-state index contributed by atoms with van der Waals surface area (Å²) >= 11 is 0. The molecule has 3 aromatic carbocycles. The number of rotatable bonds is 5. The molecular formula is C25H24N2O4. The summed E-state index contributed by atoms with van der Waals surface area (Å²) in [4.78, 5) is 38.0. The maximum Gasteiger partial charge on any atom is 0.337 e. The Morgan fingerprint density at radius 1 is 0.839 bits per heavy atom. The minimum atomic E-state index is -0.359. The van der Waals surface area contributed by atoms with E-state index in [0.29, 0.717) is 11.1 Å². The Labute approximate surface area is 180 Å². The molecule has 1 fully saturated rings. The summed E-state index contributed by atoms with van der Waals surface area (Å²) in [6.45, 7) is 1.58. The van der Waals surface area contributed by atoms with Crippen molar-refractivity contribution in [1.82, 2.24) is 10.2 Å². The average molecular weight is 416 g/mol. The van der Waals surface area contributed by atoms with E-state index in [1.54, 1.807) is 23.1 Å². The van der Waals surface area contributed by atoms with Gasteiger partial charge in [-0.15, -0.1) is 0 Å². The van der Waals surface area contributed by atoms with Crippen molar-refractivity contribution >= 4 is 28.6 Å². The van der Waals surface area contributed by atoms with Gasteiger partial charge in [0, 0.05) is 18.7 Å². The second kappa shape index (κ2) is 9.00. The number of amides is 2. The molecule has 3 aromatic rings. The van der Waals surface area contributed by atoms with Crippen molar-refractivity contribution in [3.8, 4) is 11.1 Å². The maximum absolute atomic E-state index is 12.4. The van der Waals surface area contributed by atoms with Gasteiger partial charge < -0.3 is 15.0 Å². The lowest BCUT2D eigenvalue weighted by Crippen LogP contribution is -2.38. The predicted molar refractivity (Wildman–Crippen MR) is 119 cm³/mol. The number of nitrogens with one attached hydrogen (secondary N) is 1. The Morgan fingerprint density at radius 2 is 1.45 bits per heavy atom. The van der Waals surface area contributed by atoms with Crippen molar-refractivity contribution in [3.63, 3.8) is 0 Å². The number of hydrogen-bond acceptors (Lipinski definition) is 4. The van der Waals surface area contributed by atoms with E-state index in [2.05, 4.69) is 5.32 Å². The molecule has 0 unspecified atom stereocenters. The molecule has 1 N–H and O–H groups in total. The summed E-state index contributed by atoms with van der Waals surface area (Å²) in [5.41, 5.74) is 3.01. The molecule has 31 heavy (non-hydrogen) atoms. The highest BCUT2D eigenvalue weighted by molar-refractivity contribution is 5.98. The van der Waals surface area contributed by atoms with Crippen LogP contribution in [-0.2, 0) is 9.53 Å². The number of likely N-dealkylation sites (tertiary alicyclic amines) is 1. The van der Waals surface area contributed by atoms with Crippen LogP contribution in [0, 0.1) is 0 Å². The molecule has 2 amide bonds. The van der Waals surface area contributed by atoms with Crippen LogP contribution in [0.15, 0.2) is 60.7 Å². The first-order chi connectivity index (χ1) is 15.0. The maximum atomic E-state index is 12.4. The van der Waals surface area contributed by atoms with E-state index in [0.717, 1.165) is 47.8 Å². The number of hydrogen-bond donors (Lipinski definition) is 1. The zero-order chi connectivity index (χ0) is 21.8. The molecule has 0 saturated carbocycles. The summed E-state index contributed by atoms with van der Waals surface area (Å²) < 4.78 is 4.77. The van der Waals surface area contributed by atoms with E-state index in [1.807, 2.05) is 42.5 Å². The van der Waals surface area contributed by atoms with Crippen molar-refractivity contribution in [1.29, 1.82) is 0 Å². The molecule has 0 aromatic heterocycles. The quantitative estimate of drug-likeness (QED) is 0.645. The highest BCUT2D eigenvalue weighted by Gasteiger charge is 2.18. The second-order valence-corrected chi connectivity index (χ2v) is 7.62. The number of fused-ring (bicyclic) bond motifs is 1. The molecule has 6 heteroatoms. The Balaban J connectivity index is 1.44. The zero-order valence-corrected chi connectivity index (χ0v) is 17.4. The average Bonchev–Trinajstić information content (AvgIpc) is 3.36. The molecule has 0 bridgehead atoms. The van der Waals surface area contributed by atoms with E-state index in [4.69, 9.17) is 4.74 Å². The Hall–Kier alpha value is -3.67. The van der Waals surface area contributed by atoms with Crippen molar-refractivity contribution in [3.05, 3.63) is 71.8 Å². The van der Waals surface area contributed by atoms with Gasteiger partial charge >= 0.3 is 5.97 Å². The molecule has 1 saturated heterocycles. The monoisotopic (exact) mass is 416 g/mol. The molecule has 4 rings (SSSR count). The lowest BCUT2D eigenvalue weighted by atomic mass is 9.99. The van der Waals surface area contributed by atoms with E-state index >= 15 is 0 Å². The van der Waals surface area contributed by atoms with Crippen molar-refractivity contribution in [2.24, 2.45) is 0 Å². The Kier molecular flexibility index (Phi) is 5.98. The number of carbonyl (C=O) groups excluding carboxylic acids is 3. The van der Waals surface area contributed by atoms with Crippen LogP contribution in [0.25, 0.3) is 21.9 Å². The van der Waals surface area contributed by atoms with Crippen LogP contribution < -0.4 is 5.32 Å². The van der Waals surface area contributed by atoms with E-state index in [-0.39, 0.29) is 24.3 Å². The summed E-state index contributed by atoms with van der Waals surface area (Å²) in [6.07, 6.45) is 2.06. The first-order valence-electron chi connectivity index (χ1n) is 10.3. The number of carbonyl (C=O) groups is 3. The summed E-state index contributed by atoms with van der Waals surface area (Å²) in [6, 6.07) is 18.7. The third kappa shape index (κ3) is 4.58. The fourth-order valence-corrected chi connectivity index (χ4v) is 3.82. The fourth-order valence-electron chi connectivity index (χ4n) is 3.82. The fraction of sp³-hybridized carbons (Fsp3) is 0.240. The minimum Gasteiger partial charge on any atom is -0.465 e. The highest BCUT2D eigenvalue weighted by Crippen LogP contribution is 2.26.